The molecule has 2 aromatic carbocycles. The molecule has 2 aliphatic heterocycles. The number of nitrogens with one attached hydrogen (secondary N) is 1. The van der Waals surface area contributed by atoms with Crippen molar-refractivity contribution in [3.05, 3.63) is 70.8 Å². The molecule has 1 unspecified atom stereocenters. The number of carbonyl (C=O) groups excluding carboxylic acids is 1. The van der Waals surface area contributed by atoms with Gasteiger partial charge in [0.2, 0.25) is 0 Å². The van der Waals surface area contributed by atoms with Crippen LogP contribution in [0, 0.1) is 11.3 Å². The number of ether oxygens (including phenoxy) is 1. The largest absolute Gasteiger partial charge is 0.376 e. The van der Waals surface area contributed by atoms with Crippen molar-refractivity contribution in [1.82, 2.24) is 5.32 Å². The Morgan fingerprint density at radius 1 is 1.18 bits per heavy atom. The number of hydrogen-bond donors (Lipinski definition) is 1. The Kier molecular flexibility index (Phi) is 5.41. The number of amides is 1. The van der Waals surface area contributed by atoms with Crippen LogP contribution in [0.2, 0.25) is 0 Å². The minimum Gasteiger partial charge on any atom is -0.376 e. The van der Waals surface area contributed by atoms with E-state index >= 15 is 0 Å². The van der Waals surface area contributed by atoms with Crippen LogP contribution in [0.4, 0.5) is 5.69 Å². The fourth-order valence-corrected chi connectivity index (χ4v) is 3.72. The molecule has 0 bridgehead atoms. The molecule has 0 radical (unpaired) electrons. The third-order valence-corrected chi connectivity index (χ3v) is 5.29. The van der Waals surface area contributed by atoms with E-state index in [0.717, 1.165) is 43.8 Å². The van der Waals surface area contributed by atoms with Gasteiger partial charge in [-0.15, -0.1) is 0 Å². The molecule has 0 aromatic heterocycles. The first kappa shape index (κ1) is 18.3. The summed E-state index contributed by atoms with van der Waals surface area (Å²) >= 11 is 0. The van der Waals surface area contributed by atoms with Crippen molar-refractivity contribution >= 4 is 17.7 Å². The van der Waals surface area contributed by atoms with Gasteiger partial charge in [-0.2, -0.15) is 5.26 Å². The van der Waals surface area contributed by atoms with Crippen LogP contribution in [-0.4, -0.2) is 25.2 Å². The van der Waals surface area contributed by atoms with Crippen LogP contribution in [0.5, 0.6) is 0 Å². The predicted molar refractivity (Wildman–Crippen MR) is 108 cm³/mol. The van der Waals surface area contributed by atoms with E-state index in [1.807, 2.05) is 30.3 Å². The van der Waals surface area contributed by atoms with Crippen molar-refractivity contribution in [3.63, 3.8) is 0 Å². The molecule has 4 rings (SSSR count). The molecule has 1 atom stereocenters. The summed E-state index contributed by atoms with van der Waals surface area (Å²) in [4.78, 5) is 14.6. The highest BCUT2D eigenvalue weighted by Crippen LogP contribution is 2.28. The van der Waals surface area contributed by atoms with Crippen molar-refractivity contribution in [2.45, 2.75) is 32.0 Å². The molecule has 1 saturated heterocycles. The Morgan fingerprint density at radius 3 is 2.50 bits per heavy atom. The highest BCUT2D eigenvalue weighted by atomic mass is 16.5. The Labute approximate surface area is 165 Å². The van der Waals surface area contributed by atoms with Gasteiger partial charge in [0.25, 0.3) is 5.91 Å². The average Bonchev–Trinajstić information content (AvgIpc) is 3.40. The van der Waals surface area contributed by atoms with Crippen molar-refractivity contribution < 1.29 is 9.53 Å². The van der Waals surface area contributed by atoms with E-state index in [4.69, 9.17) is 4.74 Å². The van der Waals surface area contributed by atoms with Crippen LogP contribution in [0.25, 0.3) is 6.08 Å². The zero-order chi connectivity index (χ0) is 19.3. The molecule has 5 nitrogen and oxygen atoms in total. The lowest BCUT2D eigenvalue weighted by molar-refractivity contribution is -0.117. The maximum atomic E-state index is 12.3. The molecule has 1 N–H and O–H groups in total. The lowest BCUT2D eigenvalue weighted by atomic mass is 10.1. The van der Waals surface area contributed by atoms with Crippen molar-refractivity contribution in [2.24, 2.45) is 0 Å². The molecule has 142 valence electrons. The van der Waals surface area contributed by atoms with E-state index in [1.54, 1.807) is 6.08 Å². The van der Waals surface area contributed by atoms with Crippen LogP contribution in [-0.2, 0) is 22.6 Å². The van der Waals surface area contributed by atoms with Crippen molar-refractivity contribution in [1.29, 1.82) is 5.26 Å². The zero-order valence-electron chi connectivity index (χ0n) is 15.7. The zero-order valence-corrected chi connectivity index (χ0v) is 15.7. The molecule has 2 heterocycles. The van der Waals surface area contributed by atoms with Gasteiger partial charge in [0.15, 0.2) is 0 Å². The second-order valence-electron chi connectivity index (χ2n) is 7.23. The number of anilines is 1. The molecule has 28 heavy (non-hydrogen) atoms. The monoisotopic (exact) mass is 373 g/mol. The topological polar surface area (TPSA) is 65.4 Å². The Bertz CT molecular complexity index is 897. The molecular formula is C23H23N3O2. The highest BCUT2D eigenvalue weighted by Gasteiger charge is 2.19. The summed E-state index contributed by atoms with van der Waals surface area (Å²) in [5, 5.41) is 12.2. The second kappa shape index (κ2) is 8.28. The third-order valence-electron chi connectivity index (χ3n) is 5.29. The van der Waals surface area contributed by atoms with Gasteiger partial charge in [-0.25, -0.2) is 0 Å². The Morgan fingerprint density at radius 2 is 1.89 bits per heavy atom. The average molecular weight is 373 g/mol. The van der Waals surface area contributed by atoms with Crippen molar-refractivity contribution in [2.75, 3.05) is 18.1 Å². The SMILES string of the molecule is N#C/C(=C/c1ccc(N2Cc3ccccc3C2)cc1)C(=O)NCC1CCCO1. The predicted octanol–water partition coefficient (Wildman–Crippen LogP) is 3.41. The molecule has 0 saturated carbocycles. The molecule has 1 fully saturated rings. The molecule has 1 amide bonds. The minimum atomic E-state index is -0.350. The lowest BCUT2D eigenvalue weighted by Gasteiger charge is -2.17. The maximum absolute atomic E-state index is 12.3. The van der Waals surface area contributed by atoms with Gasteiger partial charge in [0.1, 0.15) is 11.6 Å². The summed E-state index contributed by atoms with van der Waals surface area (Å²) in [7, 11) is 0. The molecule has 5 heteroatoms. The quantitative estimate of drug-likeness (QED) is 0.644. The van der Waals surface area contributed by atoms with Crippen molar-refractivity contribution in [3.8, 4) is 6.07 Å². The maximum Gasteiger partial charge on any atom is 0.262 e. The fourth-order valence-electron chi connectivity index (χ4n) is 3.72. The third kappa shape index (κ3) is 4.08. The molecular weight excluding hydrogens is 350 g/mol. The lowest BCUT2D eigenvalue weighted by Crippen LogP contribution is -2.32. The van der Waals surface area contributed by atoms with Gasteiger partial charge in [-0.05, 0) is 47.7 Å². The van der Waals surface area contributed by atoms with Gasteiger partial charge in [-0.3, -0.25) is 4.79 Å². The van der Waals surface area contributed by atoms with E-state index in [1.165, 1.54) is 11.1 Å². The second-order valence-corrected chi connectivity index (χ2v) is 7.23. The number of nitriles is 1. The van der Waals surface area contributed by atoms with Crippen LogP contribution in [0.15, 0.2) is 54.1 Å². The molecule has 2 aliphatic rings. The van der Waals surface area contributed by atoms with Crippen LogP contribution in [0.1, 0.15) is 29.5 Å². The van der Waals surface area contributed by atoms with E-state index in [2.05, 4.69) is 34.5 Å². The van der Waals surface area contributed by atoms with Gasteiger partial charge in [-0.1, -0.05) is 36.4 Å². The first-order valence-corrected chi connectivity index (χ1v) is 9.66. The number of rotatable bonds is 5. The number of fused-ring (bicyclic) bond motifs is 1. The minimum absolute atomic E-state index is 0.0627. The van der Waals surface area contributed by atoms with E-state index in [-0.39, 0.29) is 17.6 Å². The fraction of sp³-hybridized carbons (Fsp3) is 0.304. The summed E-state index contributed by atoms with van der Waals surface area (Å²) in [5.41, 5.74) is 4.81. The first-order chi connectivity index (χ1) is 13.7. The van der Waals surface area contributed by atoms with Crippen LogP contribution < -0.4 is 10.2 Å². The van der Waals surface area contributed by atoms with E-state index in [9.17, 15) is 10.1 Å². The number of nitrogens with zero attached hydrogens (tertiary/aromatic N) is 2. The number of hydrogen-bond acceptors (Lipinski definition) is 4. The first-order valence-electron chi connectivity index (χ1n) is 9.66. The summed E-state index contributed by atoms with van der Waals surface area (Å²) < 4.78 is 5.50. The van der Waals surface area contributed by atoms with Gasteiger partial charge >= 0.3 is 0 Å². The summed E-state index contributed by atoms with van der Waals surface area (Å²) in [6.45, 7) is 3.00. The number of benzene rings is 2. The van der Waals surface area contributed by atoms with E-state index in [0.29, 0.717) is 6.54 Å². The van der Waals surface area contributed by atoms with E-state index < -0.39 is 0 Å². The van der Waals surface area contributed by atoms with Gasteiger partial charge < -0.3 is 15.0 Å². The van der Waals surface area contributed by atoms with Gasteiger partial charge in [0, 0.05) is 31.9 Å². The summed E-state index contributed by atoms with van der Waals surface area (Å²) in [5.74, 6) is -0.350. The number of carbonyl (C=O) groups is 1. The van der Waals surface area contributed by atoms with Crippen LogP contribution in [0.3, 0.4) is 0 Å². The van der Waals surface area contributed by atoms with Crippen LogP contribution >= 0.6 is 0 Å². The highest BCUT2D eigenvalue weighted by molar-refractivity contribution is 6.01. The Balaban J connectivity index is 1.40. The normalized spacial score (nSPS) is 18.6. The smallest absolute Gasteiger partial charge is 0.262 e. The Hall–Kier alpha value is -3.10. The molecule has 0 spiro atoms. The van der Waals surface area contributed by atoms with Gasteiger partial charge in [0.05, 0.1) is 6.10 Å². The molecule has 2 aromatic rings. The standard InChI is InChI=1S/C23H23N3O2/c24-13-20(23(27)25-14-22-6-3-11-28-22)12-17-7-9-21(10-8-17)26-15-18-4-1-2-5-19(18)16-26/h1-2,4-5,7-10,12,22H,3,6,11,14-16H2,(H,25,27)/b20-12-. The summed E-state index contributed by atoms with van der Waals surface area (Å²) in [6, 6.07) is 18.5. The summed E-state index contributed by atoms with van der Waals surface area (Å²) in [6.07, 6.45) is 3.67. The molecule has 0 aliphatic carbocycles.